The van der Waals surface area contributed by atoms with Gasteiger partial charge in [-0.3, -0.25) is 14.9 Å². The molecule has 0 radical (unpaired) electrons. The van der Waals surface area contributed by atoms with E-state index in [0.717, 1.165) is 6.07 Å². The van der Waals surface area contributed by atoms with Gasteiger partial charge in [-0.2, -0.15) is 13.2 Å². The second kappa shape index (κ2) is 6.39. The number of nitro benzene ring substituents is 1. The van der Waals surface area contributed by atoms with Crippen molar-refractivity contribution in [1.29, 1.82) is 0 Å². The van der Waals surface area contributed by atoms with E-state index in [0.29, 0.717) is 12.1 Å². The van der Waals surface area contributed by atoms with Crippen LogP contribution in [-0.2, 0) is 4.79 Å². The van der Waals surface area contributed by atoms with Crippen LogP contribution in [-0.4, -0.2) is 46.3 Å². The number of carboxylic acid groups (broad SMARTS) is 1. The summed E-state index contributed by atoms with van der Waals surface area (Å²) in [5, 5.41) is 28.3. The highest BCUT2D eigenvalue weighted by Gasteiger charge is 2.43. The predicted molar refractivity (Wildman–Crippen MR) is 65.5 cm³/mol. The minimum Gasteiger partial charge on any atom is -0.478 e. The van der Waals surface area contributed by atoms with Crippen LogP contribution < -0.4 is 4.90 Å². The number of aliphatic hydroxyl groups excluding tert-OH is 1. The predicted octanol–water partition coefficient (Wildman–Crippen LogP) is 1.18. The maximum Gasteiger partial charge on any atom is 0.471 e. The molecule has 0 saturated carbocycles. The zero-order valence-corrected chi connectivity index (χ0v) is 10.7. The van der Waals surface area contributed by atoms with Crippen molar-refractivity contribution in [3.05, 3.63) is 33.9 Å². The average molecular weight is 322 g/mol. The first-order valence-corrected chi connectivity index (χ1v) is 5.61. The summed E-state index contributed by atoms with van der Waals surface area (Å²) in [5.74, 6) is -4.14. The molecule has 0 bridgehead atoms. The molecule has 0 aliphatic rings. The van der Waals surface area contributed by atoms with Crippen molar-refractivity contribution in [3.8, 4) is 0 Å². The van der Waals surface area contributed by atoms with Crippen molar-refractivity contribution in [3.63, 3.8) is 0 Å². The average Bonchev–Trinajstić information content (AvgIpc) is 2.42. The number of amides is 1. The Bertz CT molecular complexity index is 616. The van der Waals surface area contributed by atoms with E-state index in [1.54, 1.807) is 0 Å². The first-order valence-electron chi connectivity index (χ1n) is 5.61. The van der Waals surface area contributed by atoms with Crippen molar-refractivity contribution >= 4 is 23.3 Å². The van der Waals surface area contributed by atoms with Crippen LogP contribution in [0.2, 0.25) is 0 Å². The standard InChI is InChI=1S/C11H9F3N2O6/c12-11(13,14)10(20)15(3-4-17)8-2-1-6(16(21)22)5-7(8)9(18)19/h1-2,5,17H,3-4H2,(H,18,19). The Morgan fingerprint density at radius 2 is 1.91 bits per heavy atom. The largest absolute Gasteiger partial charge is 0.478 e. The fraction of sp³-hybridized carbons (Fsp3) is 0.273. The molecule has 11 heteroatoms. The monoisotopic (exact) mass is 322 g/mol. The van der Waals surface area contributed by atoms with Gasteiger partial charge in [0.05, 0.1) is 22.8 Å². The molecule has 0 aliphatic heterocycles. The van der Waals surface area contributed by atoms with Crippen LogP contribution >= 0.6 is 0 Å². The molecule has 8 nitrogen and oxygen atoms in total. The number of carbonyl (C=O) groups excluding carboxylic acids is 1. The number of hydrogen-bond donors (Lipinski definition) is 2. The van der Waals surface area contributed by atoms with E-state index in [9.17, 15) is 32.9 Å². The van der Waals surface area contributed by atoms with Gasteiger partial charge in [0, 0.05) is 18.7 Å². The number of nitro groups is 1. The number of anilines is 1. The second-order valence-electron chi connectivity index (χ2n) is 3.94. The molecule has 1 amide bonds. The topological polar surface area (TPSA) is 121 Å². The minimum atomic E-state index is -5.30. The highest BCUT2D eigenvalue weighted by Crippen LogP contribution is 2.29. The van der Waals surface area contributed by atoms with Crippen LogP contribution in [0, 0.1) is 10.1 Å². The highest BCUT2D eigenvalue weighted by atomic mass is 19.4. The molecule has 0 unspecified atom stereocenters. The minimum absolute atomic E-state index is 0.00712. The number of aliphatic hydroxyl groups is 1. The Morgan fingerprint density at radius 1 is 1.32 bits per heavy atom. The van der Waals surface area contributed by atoms with Crippen LogP contribution in [0.5, 0.6) is 0 Å². The third-order valence-electron chi connectivity index (χ3n) is 2.52. The molecule has 1 aromatic rings. The third kappa shape index (κ3) is 3.69. The Morgan fingerprint density at radius 3 is 2.32 bits per heavy atom. The van der Waals surface area contributed by atoms with Crippen molar-refractivity contribution in [1.82, 2.24) is 0 Å². The number of non-ortho nitro benzene ring substituents is 1. The molecular weight excluding hydrogens is 313 g/mol. The first kappa shape index (κ1) is 17.4. The normalized spacial score (nSPS) is 11.1. The number of rotatable bonds is 5. The molecule has 120 valence electrons. The van der Waals surface area contributed by atoms with Crippen molar-refractivity contribution in [2.75, 3.05) is 18.1 Å². The number of halogens is 3. The number of aromatic carboxylic acids is 1. The molecule has 0 saturated heterocycles. The van der Waals surface area contributed by atoms with Gasteiger partial charge in [0.1, 0.15) is 0 Å². The highest BCUT2D eigenvalue weighted by molar-refractivity contribution is 6.04. The summed E-state index contributed by atoms with van der Waals surface area (Å²) in [4.78, 5) is 32.0. The molecule has 22 heavy (non-hydrogen) atoms. The summed E-state index contributed by atoms with van der Waals surface area (Å²) >= 11 is 0. The molecule has 0 aliphatic carbocycles. The van der Waals surface area contributed by atoms with Gasteiger partial charge in [-0.1, -0.05) is 0 Å². The molecule has 0 aromatic heterocycles. The summed E-state index contributed by atoms with van der Waals surface area (Å²) < 4.78 is 37.6. The maximum atomic E-state index is 12.5. The number of benzene rings is 1. The van der Waals surface area contributed by atoms with Crippen molar-refractivity contribution < 1.29 is 37.9 Å². The van der Waals surface area contributed by atoms with E-state index in [2.05, 4.69) is 0 Å². The van der Waals surface area contributed by atoms with Crippen molar-refractivity contribution in [2.24, 2.45) is 0 Å². The van der Waals surface area contributed by atoms with Gasteiger partial charge in [0.25, 0.3) is 5.69 Å². The quantitative estimate of drug-likeness (QED) is 0.620. The zero-order chi connectivity index (χ0) is 17.1. The molecule has 0 atom stereocenters. The van der Waals surface area contributed by atoms with Crippen LogP contribution in [0.3, 0.4) is 0 Å². The fourth-order valence-corrected chi connectivity index (χ4v) is 1.63. The summed E-state index contributed by atoms with van der Waals surface area (Å²) in [6.45, 7) is -1.69. The van der Waals surface area contributed by atoms with E-state index >= 15 is 0 Å². The zero-order valence-electron chi connectivity index (χ0n) is 10.7. The van der Waals surface area contributed by atoms with E-state index in [1.807, 2.05) is 0 Å². The van der Waals surface area contributed by atoms with Gasteiger partial charge in [-0.05, 0) is 6.07 Å². The third-order valence-corrected chi connectivity index (χ3v) is 2.52. The van der Waals surface area contributed by atoms with Gasteiger partial charge in [0.15, 0.2) is 0 Å². The number of nitrogens with zero attached hydrogens (tertiary/aromatic N) is 2. The van der Waals surface area contributed by atoms with Gasteiger partial charge in [0.2, 0.25) is 0 Å². The number of carbonyl (C=O) groups is 2. The smallest absolute Gasteiger partial charge is 0.471 e. The first-order chi connectivity index (χ1) is 10.1. The summed E-state index contributed by atoms with van der Waals surface area (Å²) in [6.07, 6.45) is -5.30. The van der Waals surface area contributed by atoms with E-state index in [4.69, 9.17) is 10.2 Å². The lowest BCUT2D eigenvalue weighted by atomic mass is 10.1. The lowest BCUT2D eigenvalue weighted by molar-refractivity contribution is -0.384. The maximum absolute atomic E-state index is 12.5. The Balaban J connectivity index is 3.45. The second-order valence-corrected chi connectivity index (χ2v) is 3.94. The molecular formula is C11H9F3N2O6. The SMILES string of the molecule is O=C(O)c1cc([N+](=O)[O-])ccc1N(CCO)C(=O)C(F)(F)F. The molecule has 0 fully saturated rings. The summed E-state index contributed by atoms with van der Waals surface area (Å²) in [7, 11) is 0. The van der Waals surface area contributed by atoms with Gasteiger partial charge >= 0.3 is 18.1 Å². The van der Waals surface area contributed by atoms with E-state index in [-0.39, 0.29) is 4.90 Å². The van der Waals surface area contributed by atoms with Gasteiger partial charge in [-0.25, -0.2) is 4.79 Å². The van der Waals surface area contributed by atoms with E-state index < -0.39 is 53.1 Å². The molecule has 2 N–H and O–H groups in total. The molecule has 1 aromatic carbocycles. The van der Waals surface area contributed by atoms with Crippen molar-refractivity contribution in [2.45, 2.75) is 6.18 Å². The van der Waals surface area contributed by atoms with Crippen LogP contribution in [0.1, 0.15) is 10.4 Å². The Kier molecular flexibility index (Phi) is 5.04. The molecule has 0 spiro atoms. The molecule has 1 rings (SSSR count). The summed E-state index contributed by atoms with van der Waals surface area (Å²) in [5.41, 5.74) is -2.22. The summed E-state index contributed by atoms with van der Waals surface area (Å²) in [6, 6.07) is 2.00. The fourth-order valence-electron chi connectivity index (χ4n) is 1.63. The number of hydrogen-bond acceptors (Lipinski definition) is 5. The number of alkyl halides is 3. The van der Waals surface area contributed by atoms with Gasteiger partial charge < -0.3 is 15.1 Å². The lowest BCUT2D eigenvalue weighted by Crippen LogP contribution is -2.43. The number of carboxylic acids is 1. The van der Waals surface area contributed by atoms with E-state index in [1.165, 1.54) is 0 Å². The van der Waals surface area contributed by atoms with Crippen LogP contribution in [0.15, 0.2) is 18.2 Å². The lowest BCUT2D eigenvalue weighted by Gasteiger charge is -2.24. The van der Waals surface area contributed by atoms with Crippen LogP contribution in [0.4, 0.5) is 24.5 Å². The molecule has 0 heterocycles. The Hall–Kier alpha value is -2.69. The Labute approximate surface area is 120 Å². The van der Waals surface area contributed by atoms with Crippen LogP contribution in [0.25, 0.3) is 0 Å². The van der Waals surface area contributed by atoms with Gasteiger partial charge in [-0.15, -0.1) is 0 Å².